The van der Waals surface area contributed by atoms with E-state index in [-0.39, 0.29) is 18.6 Å². The van der Waals surface area contributed by atoms with Crippen molar-refractivity contribution in [2.24, 2.45) is 0 Å². The van der Waals surface area contributed by atoms with Crippen LogP contribution in [0.1, 0.15) is 12.8 Å². The topological polar surface area (TPSA) is 102 Å². The molecule has 0 fully saturated rings. The Labute approximate surface area is 120 Å². The van der Waals surface area contributed by atoms with E-state index < -0.39 is 40.5 Å². The fourth-order valence-corrected chi connectivity index (χ4v) is 5.05. The Bertz CT molecular complexity index is 668. The van der Waals surface area contributed by atoms with Crippen LogP contribution >= 0.6 is 0 Å². The van der Waals surface area contributed by atoms with Gasteiger partial charge < -0.3 is 0 Å². The van der Waals surface area contributed by atoms with E-state index in [9.17, 15) is 25.3 Å². The summed E-state index contributed by atoms with van der Waals surface area (Å²) >= 11 is 0. The van der Waals surface area contributed by atoms with E-state index in [2.05, 4.69) is 19.7 Å². The zero-order valence-corrected chi connectivity index (χ0v) is 13.4. The molecule has 9 heteroatoms. The number of rotatable bonds is 10. The average Bonchev–Trinajstić information content (AvgIpc) is 2.37. The maximum absolute atomic E-state index is 11.7. The van der Waals surface area contributed by atoms with E-state index >= 15 is 0 Å². The number of sulfone groups is 3. The highest BCUT2D eigenvalue weighted by Gasteiger charge is 2.27. The van der Waals surface area contributed by atoms with E-state index in [1.807, 2.05) is 0 Å². The van der Waals surface area contributed by atoms with Crippen molar-refractivity contribution in [2.75, 3.05) is 11.5 Å². The molecule has 0 aliphatic rings. The normalized spacial score (nSPS) is 14.4. The van der Waals surface area contributed by atoms with Gasteiger partial charge in [0, 0.05) is 16.2 Å². The van der Waals surface area contributed by atoms with Gasteiger partial charge in [-0.2, -0.15) is 0 Å². The van der Waals surface area contributed by atoms with Gasteiger partial charge in [-0.15, -0.1) is 0 Å². The van der Waals surface area contributed by atoms with Gasteiger partial charge in [-0.1, -0.05) is 19.7 Å². The van der Waals surface area contributed by atoms with Crippen molar-refractivity contribution in [1.29, 1.82) is 0 Å². The van der Waals surface area contributed by atoms with Crippen LogP contribution in [-0.4, -0.2) is 42.0 Å². The molecule has 0 heterocycles. The minimum atomic E-state index is -3.81. The van der Waals surface area contributed by atoms with Gasteiger partial charge in [0.2, 0.25) is 0 Å². The van der Waals surface area contributed by atoms with Crippen LogP contribution in [0.3, 0.4) is 0 Å². The molecule has 1 unspecified atom stereocenters. The van der Waals surface area contributed by atoms with Crippen LogP contribution in [0.15, 0.2) is 36.0 Å². The SMILES string of the molecule is C=CS(=O)(=O)CCCC(CS(=O)(=O)C=C)S(=O)(=O)C=C. The maximum atomic E-state index is 11.7. The first kappa shape index (κ1) is 19.1. The van der Waals surface area contributed by atoms with Crippen molar-refractivity contribution in [1.82, 2.24) is 0 Å². The quantitative estimate of drug-likeness (QED) is 0.582. The Morgan fingerprint density at radius 1 is 0.800 bits per heavy atom. The van der Waals surface area contributed by atoms with Gasteiger partial charge in [-0.05, 0) is 12.8 Å². The molecule has 20 heavy (non-hydrogen) atoms. The molecule has 0 N–H and O–H groups in total. The Hall–Kier alpha value is -0.930. The second-order valence-electron chi connectivity index (χ2n) is 4.05. The van der Waals surface area contributed by atoms with E-state index in [1.165, 1.54) is 0 Å². The van der Waals surface area contributed by atoms with Gasteiger partial charge in [-0.25, -0.2) is 25.3 Å². The van der Waals surface area contributed by atoms with E-state index in [0.717, 1.165) is 5.41 Å². The van der Waals surface area contributed by atoms with Gasteiger partial charge >= 0.3 is 0 Å². The Kier molecular flexibility index (Phi) is 6.85. The molecule has 1 atom stereocenters. The van der Waals surface area contributed by atoms with Crippen molar-refractivity contribution < 1.29 is 25.3 Å². The lowest BCUT2D eigenvalue weighted by molar-refractivity contribution is 0.572. The fourth-order valence-electron chi connectivity index (χ4n) is 1.40. The van der Waals surface area contributed by atoms with Crippen LogP contribution in [0.5, 0.6) is 0 Å². The summed E-state index contributed by atoms with van der Waals surface area (Å²) in [7, 11) is -11.0. The first-order chi connectivity index (χ1) is 8.99. The predicted molar refractivity (Wildman–Crippen MR) is 80.1 cm³/mol. The zero-order chi connectivity index (χ0) is 16.0. The highest BCUT2D eigenvalue weighted by atomic mass is 32.2. The van der Waals surface area contributed by atoms with Crippen molar-refractivity contribution in [2.45, 2.75) is 18.1 Å². The molecule has 0 bridgehead atoms. The molecule has 0 aliphatic carbocycles. The Morgan fingerprint density at radius 3 is 1.70 bits per heavy atom. The molecule has 0 aromatic heterocycles. The molecule has 0 spiro atoms. The lowest BCUT2D eigenvalue weighted by atomic mass is 10.3. The highest BCUT2D eigenvalue weighted by molar-refractivity contribution is 7.98. The molecule has 0 saturated carbocycles. The molecule has 0 amide bonds. The molecule has 0 radical (unpaired) electrons. The minimum absolute atomic E-state index is 0.0127. The van der Waals surface area contributed by atoms with Gasteiger partial charge in [0.1, 0.15) is 0 Å². The monoisotopic (exact) mass is 342 g/mol. The molecule has 116 valence electrons. The fraction of sp³-hybridized carbons (Fsp3) is 0.455. The number of hydrogen-bond donors (Lipinski definition) is 0. The van der Waals surface area contributed by atoms with E-state index in [1.54, 1.807) is 0 Å². The van der Waals surface area contributed by atoms with Crippen molar-refractivity contribution in [3.8, 4) is 0 Å². The van der Waals surface area contributed by atoms with Gasteiger partial charge in [0.15, 0.2) is 29.5 Å². The third-order valence-electron chi connectivity index (χ3n) is 2.58. The summed E-state index contributed by atoms with van der Waals surface area (Å²) < 4.78 is 68.8. The van der Waals surface area contributed by atoms with E-state index in [0.29, 0.717) is 10.8 Å². The standard InChI is InChI=1S/C11H18O6S3/c1-4-18(12,13)9-7-8-11(20(16,17)6-3)10-19(14,15)5-2/h4-6,11H,1-3,7-10H2. The van der Waals surface area contributed by atoms with Gasteiger partial charge in [0.05, 0.1) is 16.8 Å². The van der Waals surface area contributed by atoms with Crippen LogP contribution in [0, 0.1) is 0 Å². The Morgan fingerprint density at radius 2 is 1.30 bits per heavy atom. The lowest BCUT2D eigenvalue weighted by Crippen LogP contribution is -2.28. The highest BCUT2D eigenvalue weighted by Crippen LogP contribution is 2.15. The van der Waals surface area contributed by atoms with Crippen LogP contribution in [0.2, 0.25) is 0 Å². The molecule has 0 saturated heterocycles. The van der Waals surface area contributed by atoms with Crippen LogP contribution in [0.25, 0.3) is 0 Å². The lowest BCUT2D eigenvalue weighted by Gasteiger charge is -2.14. The maximum Gasteiger partial charge on any atom is 0.174 e. The smallest absolute Gasteiger partial charge is 0.174 e. The summed E-state index contributed by atoms with van der Waals surface area (Å²) in [4.78, 5) is 0. The van der Waals surface area contributed by atoms with Crippen molar-refractivity contribution >= 4 is 29.5 Å². The third-order valence-corrected chi connectivity index (χ3v) is 7.33. The summed E-state index contributed by atoms with van der Waals surface area (Å²) in [6.07, 6.45) is -0.0900. The summed E-state index contributed by atoms with van der Waals surface area (Å²) in [6.45, 7) is 9.38. The van der Waals surface area contributed by atoms with Gasteiger partial charge in [-0.3, -0.25) is 0 Å². The third kappa shape index (κ3) is 6.49. The summed E-state index contributed by atoms with van der Waals surface area (Å²) in [5.41, 5.74) is 0. The van der Waals surface area contributed by atoms with Crippen LogP contribution in [0.4, 0.5) is 0 Å². The molecule has 0 rings (SSSR count). The largest absolute Gasteiger partial charge is 0.224 e. The second kappa shape index (κ2) is 7.19. The van der Waals surface area contributed by atoms with Gasteiger partial charge in [0.25, 0.3) is 0 Å². The van der Waals surface area contributed by atoms with Crippen molar-refractivity contribution in [3.05, 3.63) is 36.0 Å². The van der Waals surface area contributed by atoms with E-state index in [4.69, 9.17) is 0 Å². The molecule has 0 aromatic carbocycles. The van der Waals surface area contributed by atoms with Crippen molar-refractivity contribution in [3.63, 3.8) is 0 Å². The summed E-state index contributed by atoms with van der Waals surface area (Å²) in [5, 5.41) is 0.907. The molecular formula is C11H18O6S3. The van der Waals surface area contributed by atoms with Crippen LogP contribution in [-0.2, 0) is 29.5 Å². The zero-order valence-electron chi connectivity index (χ0n) is 10.9. The average molecular weight is 342 g/mol. The molecule has 0 aromatic rings. The molecular weight excluding hydrogens is 324 g/mol. The minimum Gasteiger partial charge on any atom is -0.224 e. The summed E-state index contributed by atoms with van der Waals surface area (Å²) in [5.74, 6) is -0.924. The Balaban J connectivity index is 5.05. The first-order valence-corrected chi connectivity index (χ1v) is 10.6. The summed E-state index contributed by atoms with van der Waals surface area (Å²) in [6, 6.07) is 0. The second-order valence-corrected chi connectivity index (χ2v) is 10.3. The predicted octanol–water partition coefficient (Wildman–Crippen LogP) is 0.810. The number of hydrogen-bond acceptors (Lipinski definition) is 6. The molecule has 6 nitrogen and oxygen atoms in total. The first-order valence-electron chi connectivity index (χ1n) is 5.56. The van der Waals surface area contributed by atoms with Crippen LogP contribution < -0.4 is 0 Å². The molecule has 0 aliphatic heterocycles.